The number of carboxylic acid groups (broad SMARTS) is 2. The Morgan fingerprint density at radius 2 is 1.16 bits per heavy atom. The molecule has 170 valence electrons. The van der Waals surface area contributed by atoms with Crippen molar-refractivity contribution in [1.29, 1.82) is 0 Å². The van der Waals surface area contributed by atoms with Crippen LogP contribution in [0.1, 0.15) is 47.0 Å². The van der Waals surface area contributed by atoms with Crippen LogP contribution in [0.15, 0.2) is 0 Å². The smallest absolute Gasteiger partial charge is 0.339 e. The number of halogens is 6. The van der Waals surface area contributed by atoms with Gasteiger partial charge in [0.2, 0.25) is 0 Å². The Balaban J connectivity index is 2.88. The SMILES string of the molecule is CNC(=O)c1c(F)c(C(=O)Nc2c(F)c(C)c(F)c(Cl)c2F)c(C(=O)O)c(F)c1C(=O)O. The lowest BCUT2D eigenvalue weighted by Crippen LogP contribution is -2.29. The van der Waals surface area contributed by atoms with Crippen molar-refractivity contribution in [2.75, 3.05) is 12.4 Å². The molecule has 0 aliphatic heterocycles. The second kappa shape index (κ2) is 8.78. The van der Waals surface area contributed by atoms with Gasteiger partial charge in [-0.25, -0.2) is 31.5 Å². The van der Waals surface area contributed by atoms with E-state index in [4.69, 9.17) is 16.7 Å². The third kappa shape index (κ3) is 3.82. The number of carbonyl (C=O) groups is 4. The summed E-state index contributed by atoms with van der Waals surface area (Å²) in [5.74, 6) is -17.5. The van der Waals surface area contributed by atoms with Crippen LogP contribution >= 0.6 is 11.6 Å². The zero-order valence-corrected chi connectivity index (χ0v) is 16.6. The quantitative estimate of drug-likeness (QED) is 0.295. The lowest BCUT2D eigenvalue weighted by atomic mass is 9.94. The summed E-state index contributed by atoms with van der Waals surface area (Å²) >= 11 is 5.35. The lowest BCUT2D eigenvalue weighted by Gasteiger charge is -2.16. The number of benzene rings is 2. The maximum Gasteiger partial charge on any atom is 0.339 e. The van der Waals surface area contributed by atoms with E-state index in [0.29, 0.717) is 0 Å². The number of hydrogen-bond acceptors (Lipinski definition) is 4. The summed E-state index contributed by atoms with van der Waals surface area (Å²) in [7, 11) is 0.893. The Bertz CT molecular complexity index is 1190. The van der Waals surface area contributed by atoms with Gasteiger partial charge in [0.05, 0.1) is 11.1 Å². The van der Waals surface area contributed by atoms with Crippen molar-refractivity contribution in [3.05, 3.63) is 61.9 Å². The number of anilines is 1. The van der Waals surface area contributed by atoms with E-state index >= 15 is 4.39 Å². The van der Waals surface area contributed by atoms with Crippen molar-refractivity contribution < 1.29 is 51.3 Å². The van der Waals surface area contributed by atoms with Crippen LogP contribution < -0.4 is 10.6 Å². The summed E-state index contributed by atoms with van der Waals surface area (Å²) in [6.07, 6.45) is 0. The second-order valence-electron chi connectivity index (χ2n) is 6.03. The van der Waals surface area contributed by atoms with Crippen LogP contribution in [-0.4, -0.2) is 41.0 Å². The zero-order valence-electron chi connectivity index (χ0n) is 15.8. The molecule has 0 atom stereocenters. The first-order valence-corrected chi connectivity index (χ1v) is 8.53. The molecule has 0 aromatic heterocycles. The first-order valence-electron chi connectivity index (χ1n) is 8.15. The summed E-state index contributed by atoms with van der Waals surface area (Å²) in [5.41, 5.74) is -9.15. The maximum absolute atomic E-state index is 15.0. The van der Waals surface area contributed by atoms with Gasteiger partial charge in [0.15, 0.2) is 29.1 Å². The molecule has 2 aromatic carbocycles. The van der Waals surface area contributed by atoms with E-state index in [9.17, 15) is 41.8 Å². The molecule has 0 spiro atoms. The van der Waals surface area contributed by atoms with E-state index in [0.717, 1.165) is 14.0 Å². The topological polar surface area (TPSA) is 133 Å². The zero-order chi connectivity index (χ0) is 24.7. The highest BCUT2D eigenvalue weighted by Gasteiger charge is 2.37. The number of rotatable bonds is 5. The fraction of sp³-hybridized carbons (Fsp3) is 0.111. The minimum Gasteiger partial charge on any atom is -0.478 e. The minimum atomic E-state index is -2.34. The number of nitrogens with one attached hydrogen (secondary N) is 2. The maximum atomic E-state index is 15.0. The molecule has 0 saturated carbocycles. The highest BCUT2D eigenvalue weighted by molar-refractivity contribution is 6.31. The van der Waals surface area contributed by atoms with Gasteiger partial charge in [-0.2, -0.15) is 0 Å². The molecule has 0 fully saturated rings. The van der Waals surface area contributed by atoms with Crippen LogP contribution in [0.25, 0.3) is 0 Å². The predicted octanol–water partition coefficient (Wildman–Crippen LogP) is 3.35. The van der Waals surface area contributed by atoms with E-state index in [1.54, 1.807) is 5.32 Å². The van der Waals surface area contributed by atoms with Crippen molar-refractivity contribution in [3.63, 3.8) is 0 Å². The molecule has 0 unspecified atom stereocenters. The Hall–Kier alpha value is -3.74. The van der Waals surface area contributed by atoms with Crippen molar-refractivity contribution in [2.24, 2.45) is 0 Å². The molecular formula is C18H10ClF5N2O6. The normalized spacial score (nSPS) is 10.6. The van der Waals surface area contributed by atoms with Gasteiger partial charge in [-0.05, 0) is 6.92 Å². The Morgan fingerprint density at radius 1 is 0.719 bits per heavy atom. The third-order valence-corrected chi connectivity index (χ3v) is 4.54. The molecule has 0 saturated heterocycles. The molecule has 0 aliphatic carbocycles. The number of hydrogen-bond donors (Lipinski definition) is 4. The van der Waals surface area contributed by atoms with Crippen molar-refractivity contribution in [1.82, 2.24) is 5.32 Å². The molecule has 14 heteroatoms. The monoisotopic (exact) mass is 480 g/mol. The largest absolute Gasteiger partial charge is 0.478 e. The van der Waals surface area contributed by atoms with E-state index in [1.807, 2.05) is 0 Å². The van der Waals surface area contributed by atoms with Gasteiger partial charge in [0.1, 0.15) is 21.8 Å². The van der Waals surface area contributed by atoms with Crippen molar-refractivity contribution in [3.8, 4) is 0 Å². The molecule has 2 amide bonds. The van der Waals surface area contributed by atoms with Gasteiger partial charge in [-0.15, -0.1) is 0 Å². The lowest BCUT2D eigenvalue weighted by molar-refractivity contribution is 0.0675. The Morgan fingerprint density at radius 3 is 1.59 bits per heavy atom. The molecule has 8 nitrogen and oxygen atoms in total. The minimum absolute atomic E-state index is 0.805. The molecular weight excluding hydrogens is 471 g/mol. The summed E-state index contributed by atoms with van der Waals surface area (Å²) in [6, 6.07) is 0. The number of amides is 2. The van der Waals surface area contributed by atoms with Gasteiger partial charge in [-0.3, -0.25) is 9.59 Å². The van der Waals surface area contributed by atoms with Crippen LogP contribution in [-0.2, 0) is 0 Å². The van der Waals surface area contributed by atoms with Crippen molar-refractivity contribution in [2.45, 2.75) is 6.92 Å². The van der Waals surface area contributed by atoms with Gasteiger partial charge >= 0.3 is 11.9 Å². The molecule has 0 heterocycles. The number of carboxylic acids is 2. The predicted molar refractivity (Wildman–Crippen MR) is 97.7 cm³/mol. The second-order valence-corrected chi connectivity index (χ2v) is 6.41. The fourth-order valence-electron chi connectivity index (χ4n) is 2.68. The van der Waals surface area contributed by atoms with Crippen LogP contribution in [0.2, 0.25) is 5.02 Å². The van der Waals surface area contributed by atoms with Crippen molar-refractivity contribution >= 4 is 41.0 Å². The van der Waals surface area contributed by atoms with Crippen LogP contribution in [0.4, 0.5) is 27.6 Å². The summed E-state index contributed by atoms with van der Waals surface area (Å²) < 4.78 is 71.9. The van der Waals surface area contributed by atoms with Crippen LogP contribution in [0, 0.1) is 36.0 Å². The standard InChI is InChI=1S/C18H10ClF5N2O6/c1-3-9(20)8(19)13(24)14(10(3)21)26-16(28)5-7(18(31)32)12(23)6(17(29)30)4(11(5)22)15(27)25-2/h1-2H3,(H,25,27)(H,26,28)(H,29,30)(H,31,32). The first-order chi connectivity index (χ1) is 14.8. The van der Waals surface area contributed by atoms with E-state index in [1.165, 1.54) is 5.32 Å². The summed E-state index contributed by atoms with van der Waals surface area (Å²) in [4.78, 5) is 47.3. The first kappa shape index (κ1) is 24.5. The number of aromatic carboxylic acids is 2. The highest BCUT2D eigenvalue weighted by Crippen LogP contribution is 2.33. The number of carbonyl (C=O) groups excluding carboxylic acids is 2. The molecule has 2 aromatic rings. The molecule has 0 radical (unpaired) electrons. The molecule has 4 N–H and O–H groups in total. The van der Waals surface area contributed by atoms with Gasteiger partial charge in [0, 0.05) is 12.6 Å². The Labute approximate surface area is 179 Å². The van der Waals surface area contributed by atoms with Gasteiger partial charge in [0.25, 0.3) is 11.8 Å². The van der Waals surface area contributed by atoms with E-state index in [2.05, 4.69) is 0 Å². The molecule has 2 rings (SSSR count). The molecule has 0 bridgehead atoms. The molecule has 32 heavy (non-hydrogen) atoms. The van der Waals surface area contributed by atoms with E-state index < -0.39 is 91.4 Å². The summed E-state index contributed by atoms with van der Waals surface area (Å²) in [5, 5.41) is 20.3. The Kier molecular flexibility index (Phi) is 6.73. The fourth-order valence-corrected chi connectivity index (χ4v) is 2.91. The van der Waals surface area contributed by atoms with Crippen LogP contribution in [0.5, 0.6) is 0 Å². The third-order valence-electron chi connectivity index (χ3n) is 4.21. The molecule has 0 aliphatic rings. The highest BCUT2D eigenvalue weighted by atomic mass is 35.5. The average Bonchev–Trinajstić information content (AvgIpc) is 2.73. The van der Waals surface area contributed by atoms with Gasteiger partial charge < -0.3 is 20.8 Å². The van der Waals surface area contributed by atoms with Crippen LogP contribution in [0.3, 0.4) is 0 Å². The average molecular weight is 481 g/mol. The van der Waals surface area contributed by atoms with Gasteiger partial charge in [-0.1, -0.05) is 11.6 Å². The van der Waals surface area contributed by atoms with E-state index in [-0.39, 0.29) is 0 Å². The summed E-state index contributed by atoms with van der Waals surface area (Å²) in [6.45, 7) is 0.805.